The van der Waals surface area contributed by atoms with E-state index in [9.17, 15) is 9.59 Å². The Morgan fingerprint density at radius 1 is 0.973 bits per heavy atom. The quantitative estimate of drug-likeness (QED) is 0.208. The number of halogens is 2. The van der Waals surface area contributed by atoms with E-state index < -0.39 is 11.9 Å². The first kappa shape index (κ1) is 26.5. The highest BCUT2D eigenvalue weighted by molar-refractivity contribution is 6.31. The van der Waals surface area contributed by atoms with Crippen molar-refractivity contribution in [2.45, 2.75) is 33.4 Å². The lowest BCUT2D eigenvalue weighted by atomic mass is 10.0. The first-order chi connectivity index (χ1) is 17.7. The Morgan fingerprint density at radius 3 is 2.41 bits per heavy atom. The van der Waals surface area contributed by atoms with E-state index in [1.165, 1.54) is 0 Å². The number of carbonyl (C=O) groups excluding carboxylic acids is 2. The molecule has 0 aliphatic rings. The second-order valence-corrected chi connectivity index (χ2v) is 10.0. The van der Waals surface area contributed by atoms with E-state index in [2.05, 4.69) is 26.5 Å². The summed E-state index contributed by atoms with van der Waals surface area (Å²) in [4.78, 5) is 25.6. The van der Waals surface area contributed by atoms with Crippen molar-refractivity contribution in [1.29, 1.82) is 0 Å². The zero-order chi connectivity index (χ0) is 26.5. The van der Waals surface area contributed by atoms with E-state index in [1.54, 1.807) is 30.5 Å². The number of nitrogens with one attached hydrogen (secondary N) is 2. The molecule has 37 heavy (non-hydrogen) atoms. The molecule has 2 amide bonds. The monoisotopic (exact) mass is 534 g/mol. The van der Waals surface area contributed by atoms with Gasteiger partial charge < -0.3 is 9.88 Å². The molecule has 1 aromatic heterocycles. The third-order valence-electron chi connectivity index (χ3n) is 6.22. The van der Waals surface area contributed by atoms with Crippen LogP contribution in [0.4, 0.5) is 0 Å². The van der Waals surface area contributed by atoms with Crippen LogP contribution in [0.2, 0.25) is 10.0 Å². The van der Waals surface area contributed by atoms with Crippen LogP contribution in [0, 0.1) is 12.8 Å². The average Bonchev–Trinajstić information content (AvgIpc) is 3.14. The summed E-state index contributed by atoms with van der Waals surface area (Å²) in [5.41, 5.74) is 7.11. The first-order valence-electron chi connectivity index (χ1n) is 12.0. The summed E-state index contributed by atoms with van der Waals surface area (Å²) in [5.74, 6) is -0.924. The van der Waals surface area contributed by atoms with Gasteiger partial charge >= 0.3 is 0 Å². The van der Waals surface area contributed by atoms with E-state index in [0.29, 0.717) is 22.2 Å². The third kappa shape index (κ3) is 6.21. The molecule has 6 nitrogen and oxygen atoms in total. The highest BCUT2D eigenvalue weighted by atomic mass is 35.5. The van der Waals surface area contributed by atoms with Gasteiger partial charge in [0.25, 0.3) is 11.8 Å². The maximum Gasteiger partial charge on any atom is 0.262 e. The van der Waals surface area contributed by atoms with Crippen LogP contribution in [-0.4, -0.2) is 28.6 Å². The van der Waals surface area contributed by atoms with Gasteiger partial charge in [0, 0.05) is 44.3 Å². The van der Waals surface area contributed by atoms with Crippen molar-refractivity contribution < 1.29 is 9.59 Å². The number of fused-ring (bicyclic) bond motifs is 1. The molecule has 0 spiro atoms. The Labute approximate surface area is 226 Å². The van der Waals surface area contributed by atoms with Crippen molar-refractivity contribution in [3.05, 3.63) is 105 Å². The molecule has 0 bridgehead atoms. The lowest BCUT2D eigenvalue weighted by Crippen LogP contribution is -2.48. The summed E-state index contributed by atoms with van der Waals surface area (Å²) in [7, 11) is 0. The second-order valence-electron chi connectivity index (χ2n) is 9.17. The van der Waals surface area contributed by atoms with E-state index in [0.717, 1.165) is 27.7 Å². The van der Waals surface area contributed by atoms with Gasteiger partial charge in [-0.15, -0.1) is 0 Å². The number of nitrogens with zero attached hydrogens (tertiary/aromatic N) is 2. The van der Waals surface area contributed by atoms with Gasteiger partial charge in [-0.1, -0.05) is 73.4 Å². The maximum absolute atomic E-state index is 12.9. The highest BCUT2D eigenvalue weighted by Gasteiger charge is 2.24. The van der Waals surface area contributed by atoms with Gasteiger partial charge in [0.2, 0.25) is 0 Å². The van der Waals surface area contributed by atoms with Crippen molar-refractivity contribution in [3.63, 3.8) is 0 Å². The highest BCUT2D eigenvalue weighted by Crippen LogP contribution is 2.26. The molecule has 190 valence electrons. The molecule has 4 aromatic rings. The minimum atomic E-state index is -0.768. The Morgan fingerprint density at radius 2 is 1.70 bits per heavy atom. The normalized spacial score (nSPS) is 12.3. The number of aromatic nitrogens is 1. The minimum Gasteiger partial charge on any atom is -0.340 e. The number of carbonyl (C=O) groups is 2. The smallest absolute Gasteiger partial charge is 0.262 e. The number of para-hydroxylation sites is 1. The van der Waals surface area contributed by atoms with Crippen LogP contribution in [0.25, 0.3) is 10.9 Å². The van der Waals surface area contributed by atoms with Gasteiger partial charge in [0.15, 0.2) is 0 Å². The van der Waals surface area contributed by atoms with Crippen LogP contribution < -0.4 is 10.7 Å². The number of amides is 2. The van der Waals surface area contributed by atoms with Crippen molar-refractivity contribution >= 4 is 52.1 Å². The van der Waals surface area contributed by atoms with E-state index >= 15 is 0 Å². The molecular formula is C29H28Cl2N4O2. The van der Waals surface area contributed by atoms with Crippen LogP contribution in [0.5, 0.6) is 0 Å². The number of benzene rings is 3. The largest absolute Gasteiger partial charge is 0.340 e. The molecule has 0 fully saturated rings. The van der Waals surface area contributed by atoms with E-state index in [4.69, 9.17) is 23.2 Å². The standard InChI is InChI=1S/C29H28Cl2N4O2/c1-18(2)27(33-28(36)21-7-6-8-23(31)15-21)29(37)34-32-16-25-19(3)35(26-10-5-4-9-24(25)26)17-20-11-13-22(30)14-12-20/h4-16,18,27H,17H2,1-3H3,(H,33,36)(H,34,37)/b32-16-. The molecule has 1 heterocycles. The molecule has 0 radical (unpaired) electrons. The SMILES string of the molecule is Cc1c(/C=N\NC(=O)C(NC(=O)c2cccc(Cl)c2)C(C)C)c2ccccc2n1Cc1ccc(Cl)cc1. The van der Waals surface area contributed by atoms with E-state index in [1.807, 2.05) is 63.2 Å². The van der Waals surface area contributed by atoms with Gasteiger partial charge in [-0.2, -0.15) is 5.10 Å². The molecule has 0 saturated carbocycles. The van der Waals surface area contributed by atoms with Crippen molar-refractivity contribution in [3.8, 4) is 0 Å². The Kier molecular flexibility index (Phi) is 8.31. The molecule has 0 aliphatic carbocycles. The Bertz CT molecular complexity index is 1460. The van der Waals surface area contributed by atoms with Gasteiger partial charge in [-0.3, -0.25) is 9.59 Å². The van der Waals surface area contributed by atoms with Crippen LogP contribution in [0.3, 0.4) is 0 Å². The van der Waals surface area contributed by atoms with Crippen molar-refractivity contribution in [2.24, 2.45) is 11.0 Å². The first-order valence-corrected chi connectivity index (χ1v) is 12.7. The molecule has 4 rings (SSSR count). The summed E-state index contributed by atoms with van der Waals surface area (Å²) < 4.78 is 2.21. The molecule has 2 N–H and O–H groups in total. The zero-order valence-electron chi connectivity index (χ0n) is 20.8. The fraction of sp³-hybridized carbons (Fsp3) is 0.207. The van der Waals surface area contributed by atoms with Crippen LogP contribution in [-0.2, 0) is 11.3 Å². The number of hydrogen-bond donors (Lipinski definition) is 2. The van der Waals surface area contributed by atoms with Crippen LogP contribution in [0.1, 0.15) is 41.0 Å². The summed E-state index contributed by atoms with van der Waals surface area (Å²) in [5, 5.41) is 9.22. The summed E-state index contributed by atoms with van der Waals surface area (Å²) in [6.45, 7) is 6.43. The van der Waals surface area contributed by atoms with Crippen molar-refractivity contribution in [2.75, 3.05) is 0 Å². The fourth-order valence-electron chi connectivity index (χ4n) is 4.22. The van der Waals surface area contributed by atoms with Gasteiger partial charge in [0.05, 0.1) is 6.21 Å². The lowest BCUT2D eigenvalue weighted by molar-refractivity contribution is -0.123. The fourth-order valence-corrected chi connectivity index (χ4v) is 4.53. The third-order valence-corrected chi connectivity index (χ3v) is 6.71. The molecule has 8 heteroatoms. The second kappa shape index (κ2) is 11.6. The Hall–Kier alpha value is -3.61. The summed E-state index contributed by atoms with van der Waals surface area (Å²) in [6, 6.07) is 21.7. The molecular weight excluding hydrogens is 507 g/mol. The topological polar surface area (TPSA) is 75.5 Å². The van der Waals surface area contributed by atoms with Crippen molar-refractivity contribution in [1.82, 2.24) is 15.3 Å². The molecule has 3 aromatic carbocycles. The van der Waals surface area contributed by atoms with Crippen LogP contribution >= 0.6 is 23.2 Å². The molecule has 1 atom stereocenters. The lowest BCUT2D eigenvalue weighted by Gasteiger charge is -2.20. The number of hydrazone groups is 1. The Balaban J connectivity index is 1.52. The van der Waals surface area contributed by atoms with Gasteiger partial charge in [0.1, 0.15) is 6.04 Å². The summed E-state index contributed by atoms with van der Waals surface area (Å²) in [6.07, 6.45) is 1.66. The average molecular weight is 535 g/mol. The summed E-state index contributed by atoms with van der Waals surface area (Å²) >= 11 is 12.0. The van der Waals surface area contributed by atoms with Gasteiger partial charge in [-0.05, 0) is 54.8 Å². The minimum absolute atomic E-state index is 0.152. The molecule has 0 saturated heterocycles. The van der Waals surface area contributed by atoms with Crippen LogP contribution in [0.15, 0.2) is 77.9 Å². The predicted molar refractivity (Wildman–Crippen MR) is 151 cm³/mol. The predicted octanol–water partition coefficient (Wildman–Crippen LogP) is 6.21. The number of rotatable bonds is 8. The maximum atomic E-state index is 12.9. The van der Waals surface area contributed by atoms with Gasteiger partial charge in [-0.25, -0.2) is 5.43 Å². The van der Waals surface area contributed by atoms with E-state index in [-0.39, 0.29) is 11.8 Å². The molecule has 1 unspecified atom stereocenters. The zero-order valence-corrected chi connectivity index (χ0v) is 22.3. The number of hydrogen-bond acceptors (Lipinski definition) is 3. The molecule has 0 aliphatic heterocycles.